The van der Waals surface area contributed by atoms with Crippen LogP contribution in [0.25, 0.3) is 22.4 Å². The van der Waals surface area contributed by atoms with Crippen LogP contribution in [0.5, 0.6) is 5.88 Å². The van der Waals surface area contributed by atoms with E-state index in [0.29, 0.717) is 28.8 Å². The Labute approximate surface area is 146 Å². The summed E-state index contributed by atoms with van der Waals surface area (Å²) in [4.78, 5) is 10.8. The van der Waals surface area contributed by atoms with Gasteiger partial charge in [-0.15, -0.1) is 29.4 Å². The molecule has 2 heterocycles. The van der Waals surface area contributed by atoms with Gasteiger partial charge in [0.15, 0.2) is 11.4 Å². The van der Waals surface area contributed by atoms with Crippen molar-refractivity contribution < 1.29 is 4.74 Å². The van der Waals surface area contributed by atoms with E-state index in [1.807, 2.05) is 45.0 Å². The molecule has 0 atom stereocenters. The zero-order valence-corrected chi connectivity index (χ0v) is 14.8. The second kappa shape index (κ2) is 6.24. The summed E-state index contributed by atoms with van der Waals surface area (Å²) < 4.78 is 6.01. The lowest BCUT2D eigenvalue weighted by atomic mass is 10.2. The first-order valence-electron chi connectivity index (χ1n) is 7.58. The lowest BCUT2D eigenvalue weighted by Crippen LogP contribution is -2.24. The van der Waals surface area contributed by atoms with Crippen molar-refractivity contribution in [1.29, 1.82) is 0 Å². The molecule has 0 bridgehead atoms. The van der Waals surface area contributed by atoms with E-state index in [9.17, 15) is 0 Å². The fourth-order valence-corrected chi connectivity index (χ4v) is 2.44. The molecule has 3 rings (SSSR count). The second-order valence-electron chi connectivity index (χ2n) is 6.30. The first-order chi connectivity index (χ1) is 11.4. The summed E-state index contributed by atoms with van der Waals surface area (Å²) in [6.07, 6.45) is 1.72. The Hall–Kier alpha value is -2.41. The van der Waals surface area contributed by atoms with Gasteiger partial charge in [0.05, 0.1) is 17.6 Å². The third-order valence-corrected chi connectivity index (χ3v) is 3.40. The first-order valence-corrected chi connectivity index (χ1v) is 8.03. The number of rotatable bonds is 4. The Morgan fingerprint density at radius 3 is 2.42 bits per heavy atom. The molecule has 0 aliphatic heterocycles. The normalized spacial score (nSPS) is 11.7. The first kappa shape index (κ1) is 16.4. The maximum atomic E-state index is 6.01. The Morgan fingerprint density at radius 1 is 1.12 bits per heavy atom. The summed E-state index contributed by atoms with van der Waals surface area (Å²) in [5, 5.41) is 9.18. The van der Waals surface area contributed by atoms with Gasteiger partial charge in [0.1, 0.15) is 10.6 Å². The molecule has 0 fully saturated rings. The predicted octanol–water partition coefficient (Wildman–Crippen LogP) is 3.54. The van der Waals surface area contributed by atoms with E-state index in [1.165, 1.54) is 4.80 Å². The number of allylic oxidation sites excluding steroid dienone is 1. The molecule has 0 N–H and O–H groups in total. The summed E-state index contributed by atoms with van der Waals surface area (Å²) in [6.45, 7) is 10.1. The van der Waals surface area contributed by atoms with E-state index in [1.54, 1.807) is 6.08 Å². The van der Waals surface area contributed by atoms with Gasteiger partial charge in [-0.05, 0) is 32.9 Å². The van der Waals surface area contributed by atoms with E-state index < -0.39 is 5.60 Å². The van der Waals surface area contributed by atoms with Crippen molar-refractivity contribution in [2.45, 2.75) is 37.9 Å². The quantitative estimate of drug-likeness (QED) is 0.581. The molecule has 0 saturated heterocycles. The summed E-state index contributed by atoms with van der Waals surface area (Å²) in [5.74, 6) is 0.419. The minimum absolute atomic E-state index is 0.417. The van der Waals surface area contributed by atoms with Crippen molar-refractivity contribution in [1.82, 2.24) is 25.0 Å². The van der Waals surface area contributed by atoms with Crippen LogP contribution in [0.15, 0.2) is 41.9 Å². The molecule has 24 heavy (non-hydrogen) atoms. The molecule has 3 aromatic rings. The average molecular weight is 341 g/mol. The SMILES string of the molecule is C=CCn1nc(S)c(-c2nc3ccccc3nc2OC(C)(C)C)n1. The highest BCUT2D eigenvalue weighted by Crippen LogP contribution is 2.32. The Morgan fingerprint density at radius 2 is 1.79 bits per heavy atom. The maximum absolute atomic E-state index is 6.01. The molecular formula is C17H19N5OS. The summed E-state index contributed by atoms with van der Waals surface area (Å²) in [6, 6.07) is 7.64. The van der Waals surface area contributed by atoms with Crippen LogP contribution in [0, 0.1) is 0 Å². The molecule has 0 aliphatic carbocycles. The van der Waals surface area contributed by atoms with Crippen molar-refractivity contribution >= 4 is 23.7 Å². The molecule has 124 valence electrons. The lowest BCUT2D eigenvalue weighted by molar-refractivity contribution is 0.125. The zero-order chi connectivity index (χ0) is 17.3. The Kier molecular flexibility index (Phi) is 4.28. The average Bonchev–Trinajstić information content (AvgIpc) is 2.86. The van der Waals surface area contributed by atoms with Crippen molar-refractivity contribution in [3.8, 4) is 17.3 Å². The second-order valence-corrected chi connectivity index (χ2v) is 6.72. The number of hydrogen-bond acceptors (Lipinski definition) is 6. The van der Waals surface area contributed by atoms with E-state index in [0.717, 1.165) is 11.0 Å². The van der Waals surface area contributed by atoms with Crippen molar-refractivity contribution in [3.63, 3.8) is 0 Å². The molecule has 0 aliphatic rings. The van der Waals surface area contributed by atoms with Gasteiger partial charge in [0.2, 0.25) is 5.88 Å². The number of nitrogens with zero attached hydrogens (tertiary/aromatic N) is 5. The van der Waals surface area contributed by atoms with Crippen LogP contribution in [-0.4, -0.2) is 30.6 Å². The Bertz CT molecular complexity index is 898. The maximum Gasteiger partial charge on any atom is 0.243 e. The van der Waals surface area contributed by atoms with E-state index >= 15 is 0 Å². The number of thiol groups is 1. The van der Waals surface area contributed by atoms with Crippen LogP contribution in [-0.2, 0) is 6.54 Å². The largest absolute Gasteiger partial charge is 0.470 e. The smallest absolute Gasteiger partial charge is 0.243 e. The number of benzene rings is 1. The third kappa shape index (κ3) is 3.41. The number of hydrogen-bond donors (Lipinski definition) is 1. The molecule has 2 aromatic heterocycles. The fourth-order valence-electron chi connectivity index (χ4n) is 2.19. The van der Waals surface area contributed by atoms with Gasteiger partial charge in [-0.3, -0.25) is 0 Å². The number of ether oxygens (including phenoxy) is 1. The highest BCUT2D eigenvalue weighted by Gasteiger charge is 2.23. The topological polar surface area (TPSA) is 65.7 Å². The predicted molar refractivity (Wildman–Crippen MR) is 96.4 cm³/mol. The number of fused-ring (bicyclic) bond motifs is 1. The molecular weight excluding hydrogens is 322 g/mol. The number of aromatic nitrogens is 5. The van der Waals surface area contributed by atoms with Crippen LogP contribution in [0.1, 0.15) is 20.8 Å². The van der Waals surface area contributed by atoms with Crippen LogP contribution in [0.3, 0.4) is 0 Å². The van der Waals surface area contributed by atoms with E-state index in [-0.39, 0.29) is 0 Å². The van der Waals surface area contributed by atoms with Gasteiger partial charge >= 0.3 is 0 Å². The van der Waals surface area contributed by atoms with Gasteiger partial charge in [0.25, 0.3) is 0 Å². The molecule has 0 unspecified atom stereocenters. The Balaban J connectivity index is 2.20. The van der Waals surface area contributed by atoms with Crippen molar-refractivity contribution in [2.24, 2.45) is 0 Å². The van der Waals surface area contributed by atoms with Gasteiger partial charge < -0.3 is 4.74 Å². The lowest BCUT2D eigenvalue weighted by Gasteiger charge is -2.21. The zero-order valence-electron chi connectivity index (χ0n) is 13.9. The highest BCUT2D eigenvalue weighted by atomic mass is 32.1. The van der Waals surface area contributed by atoms with Crippen LogP contribution in [0.2, 0.25) is 0 Å². The molecule has 0 saturated carbocycles. The van der Waals surface area contributed by atoms with Crippen molar-refractivity contribution in [3.05, 3.63) is 36.9 Å². The standard InChI is InChI=1S/C17H19N5OS/c1-5-10-22-20-14(16(24)21-22)13-15(23-17(2,3)4)19-12-9-7-6-8-11(12)18-13/h5-9H,1,10H2,2-4H3,(H,21,24). The van der Waals surface area contributed by atoms with Gasteiger partial charge in [-0.1, -0.05) is 18.2 Å². The molecule has 0 amide bonds. The molecule has 6 nitrogen and oxygen atoms in total. The molecule has 1 aromatic carbocycles. The van der Waals surface area contributed by atoms with Crippen LogP contribution >= 0.6 is 12.6 Å². The van der Waals surface area contributed by atoms with Gasteiger partial charge in [-0.25, -0.2) is 9.97 Å². The van der Waals surface area contributed by atoms with Crippen molar-refractivity contribution in [2.75, 3.05) is 0 Å². The minimum Gasteiger partial charge on any atom is -0.470 e. The fraction of sp³-hybridized carbons (Fsp3) is 0.294. The summed E-state index contributed by atoms with van der Waals surface area (Å²) in [7, 11) is 0. The highest BCUT2D eigenvalue weighted by molar-refractivity contribution is 7.80. The molecule has 0 radical (unpaired) electrons. The van der Waals surface area contributed by atoms with Gasteiger partial charge in [0, 0.05) is 0 Å². The summed E-state index contributed by atoms with van der Waals surface area (Å²) >= 11 is 4.42. The minimum atomic E-state index is -0.417. The molecule has 7 heteroatoms. The van der Waals surface area contributed by atoms with Gasteiger partial charge in [-0.2, -0.15) is 4.80 Å². The molecule has 0 spiro atoms. The van der Waals surface area contributed by atoms with Crippen LogP contribution < -0.4 is 4.74 Å². The van der Waals surface area contributed by atoms with Crippen LogP contribution in [0.4, 0.5) is 0 Å². The van der Waals surface area contributed by atoms with E-state index in [2.05, 4.69) is 39.4 Å². The van der Waals surface area contributed by atoms with E-state index in [4.69, 9.17) is 4.74 Å². The monoisotopic (exact) mass is 341 g/mol. The third-order valence-electron chi connectivity index (χ3n) is 3.10. The number of para-hydroxylation sites is 2. The summed E-state index contributed by atoms with van der Waals surface area (Å²) in [5.41, 5.74) is 2.18.